The molecule has 0 aliphatic carbocycles. The molecule has 0 spiro atoms. The molecule has 1 heterocycles. The molecule has 1 saturated heterocycles. The number of carbonyl (C=O) groups excluding carboxylic acids is 1. The maximum absolute atomic E-state index is 12.3. The predicted octanol–water partition coefficient (Wildman–Crippen LogP) is 2.85. The summed E-state index contributed by atoms with van der Waals surface area (Å²) in [6, 6.07) is 5.47. The molecule has 18 heavy (non-hydrogen) atoms. The van der Waals surface area contributed by atoms with Gasteiger partial charge in [0.15, 0.2) is 0 Å². The SMILES string of the molecule is CNC1CCN(C(=O)c2c(Cl)cccc2Cl)C1.Cl. The summed E-state index contributed by atoms with van der Waals surface area (Å²) in [6.07, 6.45) is 0.963. The molecule has 1 unspecified atom stereocenters. The van der Waals surface area contributed by atoms with Crippen molar-refractivity contribution in [3.8, 4) is 0 Å². The van der Waals surface area contributed by atoms with E-state index in [0.29, 0.717) is 28.2 Å². The highest BCUT2D eigenvalue weighted by Gasteiger charge is 2.28. The second-order valence-electron chi connectivity index (χ2n) is 4.12. The summed E-state index contributed by atoms with van der Waals surface area (Å²) in [7, 11) is 1.90. The van der Waals surface area contributed by atoms with Crippen molar-refractivity contribution >= 4 is 41.5 Å². The van der Waals surface area contributed by atoms with E-state index in [1.807, 2.05) is 7.05 Å². The fraction of sp³-hybridized carbons (Fsp3) is 0.417. The van der Waals surface area contributed by atoms with Gasteiger partial charge in [0.2, 0.25) is 0 Å². The van der Waals surface area contributed by atoms with Crippen LogP contribution >= 0.6 is 35.6 Å². The van der Waals surface area contributed by atoms with E-state index in [2.05, 4.69) is 5.32 Å². The van der Waals surface area contributed by atoms with Crippen LogP contribution in [0, 0.1) is 0 Å². The molecular formula is C12H15Cl3N2O. The molecule has 1 fully saturated rings. The maximum atomic E-state index is 12.3. The van der Waals surface area contributed by atoms with Gasteiger partial charge in [0.25, 0.3) is 5.91 Å². The van der Waals surface area contributed by atoms with Crippen molar-refractivity contribution in [1.82, 2.24) is 10.2 Å². The first-order chi connectivity index (χ1) is 8.13. The Kier molecular flexibility index (Phi) is 5.73. The van der Waals surface area contributed by atoms with Gasteiger partial charge in [-0.3, -0.25) is 4.79 Å². The van der Waals surface area contributed by atoms with E-state index in [-0.39, 0.29) is 18.3 Å². The zero-order valence-corrected chi connectivity index (χ0v) is 12.3. The number of hydrogen-bond donors (Lipinski definition) is 1. The van der Waals surface area contributed by atoms with Crippen LogP contribution in [0.25, 0.3) is 0 Å². The van der Waals surface area contributed by atoms with Crippen LogP contribution in [-0.4, -0.2) is 37.0 Å². The molecule has 3 nitrogen and oxygen atoms in total. The van der Waals surface area contributed by atoms with Crippen LogP contribution in [0.15, 0.2) is 18.2 Å². The number of likely N-dealkylation sites (tertiary alicyclic amines) is 1. The van der Waals surface area contributed by atoms with E-state index in [0.717, 1.165) is 13.0 Å². The number of rotatable bonds is 2. The van der Waals surface area contributed by atoms with Crippen LogP contribution in [0.3, 0.4) is 0 Å². The highest BCUT2D eigenvalue weighted by molar-refractivity contribution is 6.39. The minimum Gasteiger partial charge on any atom is -0.337 e. The summed E-state index contributed by atoms with van der Waals surface area (Å²) in [5.41, 5.74) is 0.410. The van der Waals surface area contributed by atoms with Crippen LogP contribution in [-0.2, 0) is 0 Å². The largest absolute Gasteiger partial charge is 0.337 e. The van der Waals surface area contributed by atoms with E-state index in [1.165, 1.54) is 0 Å². The monoisotopic (exact) mass is 308 g/mol. The lowest BCUT2D eigenvalue weighted by Crippen LogP contribution is -2.33. The fourth-order valence-corrected chi connectivity index (χ4v) is 2.60. The van der Waals surface area contributed by atoms with E-state index >= 15 is 0 Å². The lowest BCUT2D eigenvalue weighted by molar-refractivity contribution is 0.0790. The summed E-state index contributed by atoms with van der Waals surface area (Å²) in [4.78, 5) is 14.1. The number of amides is 1. The van der Waals surface area contributed by atoms with E-state index < -0.39 is 0 Å². The van der Waals surface area contributed by atoms with Crippen molar-refractivity contribution in [1.29, 1.82) is 0 Å². The van der Waals surface area contributed by atoms with Gasteiger partial charge in [-0.05, 0) is 25.6 Å². The van der Waals surface area contributed by atoms with E-state index in [1.54, 1.807) is 23.1 Å². The quantitative estimate of drug-likeness (QED) is 0.911. The van der Waals surface area contributed by atoms with Gasteiger partial charge in [0, 0.05) is 19.1 Å². The van der Waals surface area contributed by atoms with Gasteiger partial charge in [0.1, 0.15) is 0 Å². The highest BCUT2D eigenvalue weighted by atomic mass is 35.5. The van der Waals surface area contributed by atoms with Crippen LogP contribution in [0.5, 0.6) is 0 Å². The summed E-state index contributed by atoms with van der Waals surface area (Å²) in [5, 5.41) is 3.99. The van der Waals surface area contributed by atoms with Crippen LogP contribution in [0.4, 0.5) is 0 Å². The number of halogens is 3. The molecule has 0 radical (unpaired) electrons. The first-order valence-corrected chi connectivity index (χ1v) is 6.29. The Bertz CT molecular complexity index is 419. The fourth-order valence-electron chi connectivity index (χ4n) is 2.04. The molecule has 1 aliphatic rings. The van der Waals surface area contributed by atoms with Gasteiger partial charge in [0.05, 0.1) is 15.6 Å². The topological polar surface area (TPSA) is 32.3 Å². The molecule has 0 saturated carbocycles. The number of likely N-dealkylation sites (N-methyl/N-ethyl adjacent to an activating group) is 1. The predicted molar refractivity (Wildman–Crippen MR) is 77.1 cm³/mol. The Morgan fingerprint density at radius 2 is 2.00 bits per heavy atom. The zero-order chi connectivity index (χ0) is 12.4. The second kappa shape index (κ2) is 6.62. The second-order valence-corrected chi connectivity index (χ2v) is 4.94. The number of hydrogen-bond acceptors (Lipinski definition) is 2. The summed E-state index contributed by atoms with van der Waals surface area (Å²) in [5.74, 6) is -0.0849. The van der Waals surface area contributed by atoms with Crippen LogP contribution in [0.1, 0.15) is 16.8 Å². The molecule has 1 N–H and O–H groups in total. The number of nitrogens with one attached hydrogen (secondary N) is 1. The first-order valence-electron chi connectivity index (χ1n) is 5.54. The van der Waals surface area contributed by atoms with Crippen molar-refractivity contribution in [3.63, 3.8) is 0 Å². The zero-order valence-electron chi connectivity index (χ0n) is 9.95. The number of benzene rings is 1. The van der Waals surface area contributed by atoms with Crippen molar-refractivity contribution in [3.05, 3.63) is 33.8 Å². The van der Waals surface area contributed by atoms with Gasteiger partial charge in [-0.2, -0.15) is 0 Å². The Hall–Kier alpha value is -0.480. The molecule has 1 aromatic rings. The Morgan fingerprint density at radius 1 is 1.39 bits per heavy atom. The summed E-state index contributed by atoms with van der Waals surface area (Å²) >= 11 is 12.1. The minimum absolute atomic E-state index is 0. The molecular weight excluding hydrogens is 295 g/mol. The van der Waals surface area contributed by atoms with Gasteiger partial charge in [-0.15, -0.1) is 12.4 Å². The standard InChI is InChI=1S/C12H14Cl2N2O.ClH/c1-15-8-5-6-16(7-8)12(17)11-9(13)3-2-4-10(11)14;/h2-4,8,15H,5-7H2,1H3;1H. The first kappa shape index (κ1) is 15.6. The third kappa shape index (κ3) is 3.09. The van der Waals surface area contributed by atoms with Gasteiger partial charge in [-0.25, -0.2) is 0 Å². The van der Waals surface area contributed by atoms with Crippen LogP contribution in [0.2, 0.25) is 10.0 Å². The van der Waals surface area contributed by atoms with E-state index in [4.69, 9.17) is 23.2 Å². The molecule has 100 valence electrons. The Morgan fingerprint density at radius 3 is 2.50 bits per heavy atom. The Balaban J connectivity index is 0.00000162. The lowest BCUT2D eigenvalue weighted by Gasteiger charge is -2.18. The molecule has 1 aliphatic heterocycles. The molecule has 1 aromatic carbocycles. The normalized spacial score (nSPS) is 18.6. The Labute approximate surface area is 123 Å². The molecule has 6 heteroatoms. The minimum atomic E-state index is -0.0849. The third-order valence-corrected chi connectivity index (χ3v) is 3.69. The van der Waals surface area contributed by atoms with Gasteiger partial charge < -0.3 is 10.2 Å². The van der Waals surface area contributed by atoms with Crippen molar-refractivity contribution in [2.24, 2.45) is 0 Å². The summed E-state index contributed by atoms with van der Waals surface area (Å²) < 4.78 is 0. The number of carbonyl (C=O) groups is 1. The van der Waals surface area contributed by atoms with Crippen LogP contribution < -0.4 is 5.32 Å². The lowest BCUT2D eigenvalue weighted by atomic mass is 10.2. The van der Waals surface area contributed by atoms with Crippen molar-refractivity contribution < 1.29 is 4.79 Å². The molecule has 0 bridgehead atoms. The molecule has 2 rings (SSSR count). The van der Waals surface area contributed by atoms with Gasteiger partial charge >= 0.3 is 0 Å². The van der Waals surface area contributed by atoms with Gasteiger partial charge in [-0.1, -0.05) is 29.3 Å². The number of nitrogens with zero attached hydrogens (tertiary/aromatic N) is 1. The highest BCUT2D eigenvalue weighted by Crippen LogP contribution is 2.26. The smallest absolute Gasteiger partial charge is 0.256 e. The average molecular weight is 310 g/mol. The van der Waals surface area contributed by atoms with E-state index in [9.17, 15) is 4.79 Å². The molecule has 1 amide bonds. The molecule has 0 aromatic heterocycles. The van der Waals surface area contributed by atoms with Crippen molar-refractivity contribution in [2.75, 3.05) is 20.1 Å². The maximum Gasteiger partial charge on any atom is 0.256 e. The summed E-state index contributed by atoms with van der Waals surface area (Å²) in [6.45, 7) is 1.45. The molecule has 1 atom stereocenters. The average Bonchev–Trinajstić information content (AvgIpc) is 2.77. The van der Waals surface area contributed by atoms with Crippen molar-refractivity contribution in [2.45, 2.75) is 12.5 Å². The third-order valence-electron chi connectivity index (χ3n) is 3.06.